The highest BCUT2D eigenvalue weighted by atomic mass is 32.2. The molecular weight excluding hydrogens is 250 g/mol. The first-order valence-electron chi connectivity index (χ1n) is 5.47. The SMILES string of the molecule is COc1ccc2nc(SCC(=O)N(C)C)[nH]c2c1. The van der Waals surface area contributed by atoms with Gasteiger partial charge < -0.3 is 14.6 Å². The zero-order valence-electron chi connectivity index (χ0n) is 10.6. The third-order valence-corrected chi connectivity index (χ3v) is 3.36. The molecular formula is C12H15N3O2S. The van der Waals surface area contributed by atoms with E-state index in [1.807, 2.05) is 18.2 Å². The summed E-state index contributed by atoms with van der Waals surface area (Å²) in [5.74, 6) is 1.23. The van der Waals surface area contributed by atoms with E-state index in [0.717, 1.165) is 21.9 Å². The molecule has 0 saturated carbocycles. The summed E-state index contributed by atoms with van der Waals surface area (Å²) < 4.78 is 5.15. The van der Waals surface area contributed by atoms with Crippen LogP contribution in [-0.2, 0) is 4.79 Å². The van der Waals surface area contributed by atoms with Crippen molar-refractivity contribution in [1.29, 1.82) is 0 Å². The molecule has 0 fully saturated rings. The van der Waals surface area contributed by atoms with Gasteiger partial charge in [0.05, 0.1) is 23.9 Å². The number of ether oxygens (including phenoxy) is 1. The van der Waals surface area contributed by atoms with Gasteiger partial charge >= 0.3 is 0 Å². The van der Waals surface area contributed by atoms with Crippen molar-refractivity contribution < 1.29 is 9.53 Å². The molecule has 1 N–H and O–H groups in total. The lowest BCUT2D eigenvalue weighted by Gasteiger charge is -2.08. The highest BCUT2D eigenvalue weighted by Gasteiger charge is 2.08. The number of rotatable bonds is 4. The van der Waals surface area contributed by atoms with Gasteiger partial charge in [-0.25, -0.2) is 4.98 Å². The van der Waals surface area contributed by atoms with E-state index in [1.54, 1.807) is 26.1 Å². The minimum absolute atomic E-state index is 0.0676. The molecule has 6 heteroatoms. The number of aromatic amines is 1. The fraction of sp³-hybridized carbons (Fsp3) is 0.333. The number of benzene rings is 1. The number of thioether (sulfide) groups is 1. The minimum Gasteiger partial charge on any atom is -0.497 e. The van der Waals surface area contributed by atoms with Gasteiger partial charge in [-0.2, -0.15) is 0 Å². The number of hydrogen-bond acceptors (Lipinski definition) is 4. The zero-order valence-corrected chi connectivity index (χ0v) is 11.4. The molecule has 0 spiro atoms. The third kappa shape index (κ3) is 2.76. The molecule has 0 aliphatic heterocycles. The first kappa shape index (κ1) is 12.8. The number of hydrogen-bond donors (Lipinski definition) is 1. The Morgan fingerprint density at radius 2 is 2.28 bits per heavy atom. The molecule has 0 bridgehead atoms. The number of amides is 1. The van der Waals surface area contributed by atoms with E-state index < -0.39 is 0 Å². The quantitative estimate of drug-likeness (QED) is 0.856. The summed E-state index contributed by atoms with van der Waals surface area (Å²) in [5, 5.41) is 0.744. The van der Waals surface area contributed by atoms with Crippen LogP contribution in [0, 0.1) is 0 Å². The molecule has 0 atom stereocenters. The monoisotopic (exact) mass is 265 g/mol. The number of H-pyrrole nitrogens is 1. The van der Waals surface area contributed by atoms with Gasteiger partial charge in [-0.05, 0) is 12.1 Å². The number of nitrogens with one attached hydrogen (secondary N) is 1. The Kier molecular flexibility index (Phi) is 3.76. The summed E-state index contributed by atoms with van der Waals surface area (Å²) >= 11 is 1.40. The van der Waals surface area contributed by atoms with Crippen LogP contribution in [0.3, 0.4) is 0 Å². The molecule has 0 unspecified atom stereocenters. The van der Waals surface area contributed by atoms with Crippen molar-refractivity contribution in [3.8, 4) is 5.75 Å². The molecule has 96 valence electrons. The maximum atomic E-state index is 11.5. The zero-order chi connectivity index (χ0) is 13.1. The molecule has 1 heterocycles. The van der Waals surface area contributed by atoms with E-state index in [9.17, 15) is 4.79 Å². The first-order chi connectivity index (χ1) is 8.60. The Bertz CT molecular complexity index is 565. The Morgan fingerprint density at radius 3 is 2.94 bits per heavy atom. The van der Waals surface area contributed by atoms with Gasteiger partial charge in [0.15, 0.2) is 5.16 Å². The van der Waals surface area contributed by atoms with Crippen LogP contribution < -0.4 is 4.74 Å². The Balaban J connectivity index is 2.12. The molecule has 1 amide bonds. The van der Waals surface area contributed by atoms with Gasteiger partial charge in [0, 0.05) is 20.2 Å². The molecule has 2 rings (SSSR count). The van der Waals surface area contributed by atoms with E-state index in [2.05, 4.69) is 9.97 Å². The van der Waals surface area contributed by atoms with E-state index >= 15 is 0 Å². The van der Waals surface area contributed by atoms with Crippen molar-refractivity contribution in [1.82, 2.24) is 14.9 Å². The lowest BCUT2D eigenvalue weighted by atomic mass is 10.3. The largest absolute Gasteiger partial charge is 0.497 e. The van der Waals surface area contributed by atoms with Crippen molar-refractivity contribution >= 4 is 28.7 Å². The van der Waals surface area contributed by atoms with Crippen LogP contribution in [0.1, 0.15) is 0 Å². The van der Waals surface area contributed by atoms with Crippen LogP contribution in [0.25, 0.3) is 11.0 Å². The lowest BCUT2D eigenvalue weighted by molar-refractivity contribution is -0.125. The van der Waals surface area contributed by atoms with Crippen LogP contribution >= 0.6 is 11.8 Å². The molecule has 1 aromatic carbocycles. The second-order valence-corrected chi connectivity index (χ2v) is 4.97. The van der Waals surface area contributed by atoms with Crippen LogP contribution in [0.5, 0.6) is 5.75 Å². The maximum absolute atomic E-state index is 11.5. The van der Waals surface area contributed by atoms with Gasteiger partial charge in [-0.15, -0.1) is 0 Å². The minimum atomic E-state index is 0.0676. The van der Waals surface area contributed by atoms with Crippen molar-refractivity contribution in [2.75, 3.05) is 27.0 Å². The Hall–Kier alpha value is -1.69. The summed E-state index contributed by atoms with van der Waals surface area (Å²) in [4.78, 5) is 20.6. The summed E-state index contributed by atoms with van der Waals surface area (Å²) in [5.41, 5.74) is 1.78. The van der Waals surface area contributed by atoms with Crippen LogP contribution in [0.4, 0.5) is 0 Å². The number of imidazole rings is 1. The van der Waals surface area contributed by atoms with Crippen molar-refractivity contribution in [3.05, 3.63) is 18.2 Å². The highest BCUT2D eigenvalue weighted by Crippen LogP contribution is 2.23. The van der Waals surface area contributed by atoms with Crippen molar-refractivity contribution in [3.63, 3.8) is 0 Å². The Labute approximate surface area is 110 Å². The molecule has 0 aliphatic carbocycles. The fourth-order valence-corrected chi connectivity index (χ4v) is 2.28. The van der Waals surface area contributed by atoms with Gasteiger partial charge in [0.25, 0.3) is 0 Å². The van der Waals surface area contributed by atoms with Crippen molar-refractivity contribution in [2.45, 2.75) is 5.16 Å². The van der Waals surface area contributed by atoms with E-state index in [4.69, 9.17) is 4.74 Å². The summed E-state index contributed by atoms with van der Waals surface area (Å²) in [6.45, 7) is 0. The van der Waals surface area contributed by atoms with E-state index in [-0.39, 0.29) is 5.91 Å². The molecule has 18 heavy (non-hydrogen) atoms. The summed E-state index contributed by atoms with van der Waals surface area (Å²) in [7, 11) is 5.11. The summed E-state index contributed by atoms with van der Waals surface area (Å²) in [6.07, 6.45) is 0. The molecule has 2 aromatic rings. The smallest absolute Gasteiger partial charge is 0.232 e. The molecule has 0 radical (unpaired) electrons. The van der Waals surface area contributed by atoms with Crippen LogP contribution in [0.2, 0.25) is 0 Å². The van der Waals surface area contributed by atoms with Crippen LogP contribution in [0.15, 0.2) is 23.4 Å². The van der Waals surface area contributed by atoms with Crippen LogP contribution in [-0.4, -0.2) is 47.7 Å². The number of aromatic nitrogens is 2. The predicted molar refractivity (Wildman–Crippen MR) is 72.1 cm³/mol. The van der Waals surface area contributed by atoms with Gasteiger partial charge in [0.2, 0.25) is 5.91 Å². The number of carbonyl (C=O) groups is 1. The topological polar surface area (TPSA) is 58.2 Å². The second-order valence-electron chi connectivity index (χ2n) is 4.00. The average molecular weight is 265 g/mol. The Morgan fingerprint density at radius 1 is 1.50 bits per heavy atom. The summed E-state index contributed by atoms with van der Waals surface area (Å²) in [6, 6.07) is 5.64. The highest BCUT2D eigenvalue weighted by molar-refractivity contribution is 7.99. The average Bonchev–Trinajstić information content (AvgIpc) is 2.77. The van der Waals surface area contributed by atoms with E-state index in [0.29, 0.717) is 5.75 Å². The fourth-order valence-electron chi connectivity index (χ4n) is 1.42. The number of fused-ring (bicyclic) bond motifs is 1. The number of methoxy groups -OCH3 is 1. The van der Waals surface area contributed by atoms with E-state index in [1.165, 1.54) is 11.8 Å². The van der Waals surface area contributed by atoms with Gasteiger partial charge in [0.1, 0.15) is 5.75 Å². The molecule has 5 nitrogen and oxygen atoms in total. The molecule has 1 aromatic heterocycles. The van der Waals surface area contributed by atoms with Gasteiger partial charge in [-0.1, -0.05) is 11.8 Å². The normalized spacial score (nSPS) is 10.6. The molecule has 0 aliphatic rings. The lowest BCUT2D eigenvalue weighted by Crippen LogP contribution is -2.23. The number of nitrogens with zero attached hydrogens (tertiary/aromatic N) is 2. The second kappa shape index (κ2) is 5.30. The standard InChI is InChI=1S/C12H15N3O2S/c1-15(2)11(16)7-18-12-13-9-5-4-8(17-3)6-10(9)14-12/h4-6H,7H2,1-3H3,(H,13,14). The van der Waals surface area contributed by atoms with Crippen molar-refractivity contribution in [2.24, 2.45) is 0 Å². The number of carbonyl (C=O) groups excluding carboxylic acids is 1. The van der Waals surface area contributed by atoms with Gasteiger partial charge in [-0.3, -0.25) is 4.79 Å². The third-order valence-electron chi connectivity index (χ3n) is 2.50. The predicted octanol–water partition coefficient (Wildman–Crippen LogP) is 1.75. The first-order valence-corrected chi connectivity index (χ1v) is 6.45. The molecule has 0 saturated heterocycles. The maximum Gasteiger partial charge on any atom is 0.232 e.